The standard InChI is InChI=1S/C9H8BrFO/c1-6(12)9-4-8(11)3-2-7(9)5-10/h2-4H,5H2,1H3. The van der Waals surface area contributed by atoms with E-state index in [0.717, 1.165) is 5.56 Å². The fraction of sp³-hybridized carbons (Fsp3) is 0.222. The first-order chi connectivity index (χ1) is 5.65. The first-order valence-electron chi connectivity index (χ1n) is 3.50. The lowest BCUT2D eigenvalue weighted by atomic mass is 10.1. The smallest absolute Gasteiger partial charge is 0.160 e. The first kappa shape index (κ1) is 9.39. The SMILES string of the molecule is CC(=O)c1cc(F)ccc1CBr. The van der Waals surface area contributed by atoms with E-state index in [9.17, 15) is 9.18 Å². The summed E-state index contributed by atoms with van der Waals surface area (Å²) in [5, 5.41) is 0.572. The summed E-state index contributed by atoms with van der Waals surface area (Å²) in [5.74, 6) is -0.478. The van der Waals surface area contributed by atoms with Crippen LogP contribution < -0.4 is 0 Å². The Labute approximate surface area is 78.7 Å². The number of hydrogen-bond acceptors (Lipinski definition) is 1. The van der Waals surface area contributed by atoms with Crippen LogP contribution in [-0.4, -0.2) is 5.78 Å². The molecule has 0 aliphatic rings. The minimum Gasteiger partial charge on any atom is -0.294 e. The maximum absolute atomic E-state index is 12.7. The largest absolute Gasteiger partial charge is 0.294 e. The van der Waals surface area contributed by atoms with E-state index < -0.39 is 0 Å². The van der Waals surface area contributed by atoms with Gasteiger partial charge in [0.2, 0.25) is 0 Å². The lowest BCUT2D eigenvalue weighted by Crippen LogP contribution is -1.98. The number of rotatable bonds is 2. The second kappa shape index (κ2) is 3.81. The van der Waals surface area contributed by atoms with Gasteiger partial charge >= 0.3 is 0 Å². The van der Waals surface area contributed by atoms with Crippen LogP contribution in [0.5, 0.6) is 0 Å². The summed E-state index contributed by atoms with van der Waals surface area (Å²) >= 11 is 3.23. The molecule has 0 heterocycles. The van der Waals surface area contributed by atoms with Gasteiger partial charge in [0, 0.05) is 10.9 Å². The van der Waals surface area contributed by atoms with Crippen molar-refractivity contribution in [3.8, 4) is 0 Å². The lowest BCUT2D eigenvalue weighted by Gasteiger charge is -2.02. The topological polar surface area (TPSA) is 17.1 Å². The predicted octanol–water partition coefficient (Wildman–Crippen LogP) is 2.92. The van der Waals surface area contributed by atoms with Crippen molar-refractivity contribution in [2.24, 2.45) is 0 Å². The van der Waals surface area contributed by atoms with Gasteiger partial charge in [-0.3, -0.25) is 4.79 Å². The molecule has 0 fully saturated rings. The molecule has 12 heavy (non-hydrogen) atoms. The van der Waals surface area contributed by atoms with Crippen molar-refractivity contribution in [2.45, 2.75) is 12.3 Å². The molecule has 64 valence electrons. The molecule has 1 rings (SSSR count). The molecule has 0 atom stereocenters. The Hall–Kier alpha value is -0.700. The van der Waals surface area contributed by atoms with Crippen LogP contribution in [0.3, 0.4) is 0 Å². The Morgan fingerprint density at radius 2 is 2.25 bits per heavy atom. The third-order valence-electron chi connectivity index (χ3n) is 1.60. The summed E-state index contributed by atoms with van der Waals surface area (Å²) < 4.78 is 12.7. The van der Waals surface area contributed by atoms with Crippen LogP contribution >= 0.6 is 15.9 Å². The quantitative estimate of drug-likeness (QED) is 0.564. The summed E-state index contributed by atoms with van der Waals surface area (Å²) in [4.78, 5) is 11.0. The van der Waals surface area contributed by atoms with E-state index >= 15 is 0 Å². The Balaban J connectivity index is 3.21. The Bertz CT molecular complexity index is 309. The molecule has 0 spiro atoms. The van der Waals surface area contributed by atoms with E-state index in [1.54, 1.807) is 6.07 Å². The molecule has 3 heteroatoms. The summed E-state index contributed by atoms with van der Waals surface area (Å²) in [7, 11) is 0. The molecule has 0 aromatic heterocycles. The van der Waals surface area contributed by atoms with E-state index in [4.69, 9.17) is 0 Å². The number of Topliss-reactive ketones (excluding diaryl/α,β-unsaturated/α-hetero) is 1. The molecule has 1 nitrogen and oxygen atoms in total. The molecule has 0 amide bonds. The molecule has 1 aromatic rings. The van der Waals surface area contributed by atoms with Crippen LogP contribution in [0.4, 0.5) is 4.39 Å². The van der Waals surface area contributed by atoms with Gasteiger partial charge < -0.3 is 0 Å². The normalized spacial score (nSPS) is 9.92. The average Bonchev–Trinajstić information content (AvgIpc) is 2.04. The predicted molar refractivity (Wildman–Crippen MR) is 49.0 cm³/mol. The zero-order valence-electron chi connectivity index (χ0n) is 6.60. The van der Waals surface area contributed by atoms with Crippen molar-refractivity contribution in [1.29, 1.82) is 0 Å². The number of carbonyl (C=O) groups is 1. The van der Waals surface area contributed by atoms with Gasteiger partial charge in [0.05, 0.1) is 0 Å². The fourth-order valence-electron chi connectivity index (χ4n) is 0.993. The molecule has 0 saturated heterocycles. The zero-order chi connectivity index (χ0) is 9.14. The third kappa shape index (κ3) is 1.91. The maximum atomic E-state index is 12.7. The Kier molecular flexibility index (Phi) is 2.98. The summed E-state index contributed by atoms with van der Waals surface area (Å²) in [5.41, 5.74) is 1.27. The van der Waals surface area contributed by atoms with Crippen molar-refractivity contribution in [1.82, 2.24) is 0 Å². The van der Waals surface area contributed by atoms with Gasteiger partial charge in [0.1, 0.15) is 5.82 Å². The van der Waals surface area contributed by atoms with Crippen molar-refractivity contribution in [3.63, 3.8) is 0 Å². The lowest BCUT2D eigenvalue weighted by molar-refractivity contribution is 0.101. The highest BCUT2D eigenvalue weighted by Gasteiger charge is 2.06. The monoisotopic (exact) mass is 230 g/mol. The molecule has 1 aromatic carbocycles. The second-order valence-corrected chi connectivity index (χ2v) is 3.05. The minimum absolute atomic E-state index is 0.107. The number of alkyl halides is 1. The van der Waals surface area contributed by atoms with E-state index in [2.05, 4.69) is 15.9 Å². The molecule has 0 aliphatic carbocycles. The molecular weight excluding hydrogens is 223 g/mol. The maximum Gasteiger partial charge on any atom is 0.160 e. The zero-order valence-corrected chi connectivity index (χ0v) is 8.19. The highest BCUT2D eigenvalue weighted by Crippen LogP contribution is 2.14. The van der Waals surface area contributed by atoms with Crippen molar-refractivity contribution >= 4 is 21.7 Å². The van der Waals surface area contributed by atoms with Crippen molar-refractivity contribution in [2.75, 3.05) is 0 Å². The van der Waals surface area contributed by atoms with E-state index in [1.165, 1.54) is 19.1 Å². The van der Waals surface area contributed by atoms with Crippen LogP contribution in [0.25, 0.3) is 0 Å². The van der Waals surface area contributed by atoms with Gasteiger partial charge in [0.15, 0.2) is 5.78 Å². The van der Waals surface area contributed by atoms with Crippen LogP contribution in [0.1, 0.15) is 22.8 Å². The van der Waals surface area contributed by atoms with E-state index in [1.807, 2.05) is 0 Å². The van der Waals surface area contributed by atoms with Gasteiger partial charge in [-0.25, -0.2) is 4.39 Å². The third-order valence-corrected chi connectivity index (χ3v) is 2.20. The van der Waals surface area contributed by atoms with Gasteiger partial charge in [-0.2, -0.15) is 0 Å². The van der Waals surface area contributed by atoms with Crippen LogP contribution in [-0.2, 0) is 5.33 Å². The molecule has 0 radical (unpaired) electrons. The molecule has 0 aliphatic heterocycles. The molecule has 0 saturated carbocycles. The van der Waals surface area contributed by atoms with E-state index in [-0.39, 0.29) is 11.6 Å². The van der Waals surface area contributed by atoms with Crippen molar-refractivity contribution in [3.05, 3.63) is 35.1 Å². The van der Waals surface area contributed by atoms with Gasteiger partial charge in [-0.05, 0) is 24.6 Å². The highest BCUT2D eigenvalue weighted by molar-refractivity contribution is 9.08. The van der Waals surface area contributed by atoms with E-state index in [0.29, 0.717) is 10.9 Å². The molecular formula is C9H8BrFO. The van der Waals surface area contributed by atoms with Crippen LogP contribution in [0.2, 0.25) is 0 Å². The number of ketones is 1. The van der Waals surface area contributed by atoms with Gasteiger partial charge in [0.25, 0.3) is 0 Å². The summed E-state index contributed by atoms with van der Waals surface area (Å²) in [6.07, 6.45) is 0. The molecule has 0 unspecified atom stereocenters. The highest BCUT2D eigenvalue weighted by atomic mass is 79.9. The molecule has 0 bridgehead atoms. The Morgan fingerprint density at radius 3 is 2.75 bits per heavy atom. The Morgan fingerprint density at radius 1 is 1.58 bits per heavy atom. The van der Waals surface area contributed by atoms with Crippen molar-refractivity contribution < 1.29 is 9.18 Å². The van der Waals surface area contributed by atoms with Crippen LogP contribution in [0.15, 0.2) is 18.2 Å². The summed E-state index contributed by atoms with van der Waals surface area (Å²) in [6.45, 7) is 1.43. The first-order valence-corrected chi connectivity index (χ1v) is 4.62. The number of carbonyl (C=O) groups excluding carboxylic acids is 1. The van der Waals surface area contributed by atoms with Crippen LogP contribution in [0, 0.1) is 5.82 Å². The molecule has 0 N–H and O–H groups in total. The fourth-order valence-corrected chi connectivity index (χ4v) is 1.48. The number of halogens is 2. The van der Waals surface area contributed by atoms with Gasteiger partial charge in [-0.15, -0.1) is 0 Å². The number of hydrogen-bond donors (Lipinski definition) is 0. The number of benzene rings is 1. The average molecular weight is 231 g/mol. The van der Waals surface area contributed by atoms with Gasteiger partial charge in [-0.1, -0.05) is 22.0 Å². The minimum atomic E-state index is -0.370. The second-order valence-electron chi connectivity index (χ2n) is 2.49. The summed E-state index contributed by atoms with van der Waals surface area (Å²) in [6, 6.07) is 4.22.